The molecule has 0 atom stereocenters. The smallest absolute Gasteiger partial charge is 0.211 e. The van der Waals surface area contributed by atoms with E-state index in [2.05, 4.69) is 39.7 Å². The molecule has 3 heterocycles. The normalized spacial score (nSPS) is 15.6. The summed E-state index contributed by atoms with van der Waals surface area (Å²) in [5, 5.41) is 11.4. The van der Waals surface area contributed by atoms with Crippen molar-refractivity contribution in [3.8, 4) is 10.7 Å². The molecule has 0 bridgehead atoms. The van der Waals surface area contributed by atoms with Crippen LogP contribution in [-0.4, -0.2) is 26.5 Å². The maximum Gasteiger partial charge on any atom is 0.211 e. The number of fused-ring (bicyclic) bond motifs is 1. The van der Waals surface area contributed by atoms with Gasteiger partial charge in [0, 0.05) is 0 Å². The molecule has 22 heavy (non-hydrogen) atoms. The Morgan fingerprint density at radius 2 is 2.05 bits per heavy atom. The van der Waals surface area contributed by atoms with Gasteiger partial charge in [0.05, 0.1) is 16.3 Å². The van der Waals surface area contributed by atoms with Crippen LogP contribution in [0, 0.1) is 6.92 Å². The SMILES string of the molecule is Cc1ccc(N=C2CSc3nnc(-c4cccs4)n3N2)cc1. The highest BCUT2D eigenvalue weighted by Crippen LogP contribution is 2.28. The van der Waals surface area contributed by atoms with Crippen molar-refractivity contribution in [2.45, 2.75) is 12.1 Å². The van der Waals surface area contributed by atoms with Crippen LogP contribution in [0.1, 0.15) is 5.56 Å². The number of aromatic nitrogens is 3. The van der Waals surface area contributed by atoms with Crippen LogP contribution in [0.25, 0.3) is 10.7 Å². The third-order valence-corrected chi connectivity index (χ3v) is 5.06. The molecule has 0 spiro atoms. The highest BCUT2D eigenvalue weighted by atomic mass is 32.2. The zero-order valence-corrected chi connectivity index (χ0v) is 13.5. The molecule has 0 amide bonds. The fourth-order valence-electron chi connectivity index (χ4n) is 2.16. The van der Waals surface area contributed by atoms with Crippen LogP contribution in [0.4, 0.5) is 5.69 Å². The summed E-state index contributed by atoms with van der Waals surface area (Å²) in [4.78, 5) is 5.76. The predicted molar refractivity (Wildman–Crippen MR) is 91.7 cm³/mol. The van der Waals surface area contributed by atoms with Crippen LogP contribution in [0.15, 0.2) is 51.9 Å². The summed E-state index contributed by atoms with van der Waals surface area (Å²) < 4.78 is 1.91. The molecule has 7 heteroatoms. The minimum absolute atomic E-state index is 0.760. The van der Waals surface area contributed by atoms with E-state index in [9.17, 15) is 0 Å². The molecular weight excluding hydrogens is 314 g/mol. The molecule has 3 aromatic rings. The summed E-state index contributed by atoms with van der Waals surface area (Å²) in [6, 6.07) is 12.2. The number of nitrogens with one attached hydrogen (secondary N) is 1. The topological polar surface area (TPSA) is 55.1 Å². The van der Waals surface area contributed by atoms with Crippen molar-refractivity contribution in [2.75, 3.05) is 11.2 Å². The maximum atomic E-state index is 4.67. The average molecular weight is 327 g/mol. The summed E-state index contributed by atoms with van der Waals surface area (Å²) in [6.07, 6.45) is 0. The Bertz CT molecular complexity index is 818. The Labute approximate surface area is 136 Å². The van der Waals surface area contributed by atoms with Gasteiger partial charge in [0.2, 0.25) is 5.16 Å². The van der Waals surface area contributed by atoms with Gasteiger partial charge in [-0.1, -0.05) is 35.5 Å². The second-order valence-electron chi connectivity index (χ2n) is 4.91. The molecule has 5 nitrogen and oxygen atoms in total. The third kappa shape index (κ3) is 2.53. The summed E-state index contributed by atoms with van der Waals surface area (Å²) in [7, 11) is 0. The molecule has 1 N–H and O–H groups in total. The Morgan fingerprint density at radius 3 is 2.82 bits per heavy atom. The minimum atomic E-state index is 0.760. The van der Waals surface area contributed by atoms with Gasteiger partial charge in [0.25, 0.3) is 0 Å². The van der Waals surface area contributed by atoms with E-state index in [0.29, 0.717) is 0 Å². The van der Waals surface area contributed by atoms with E-state index in [4.69, 9.17) is 0 Å². The Kier molecular flexibility index (Phi) is 3.44. The second-order valence-corrected chi connectivity index (χ2v) is 6.80. The monoisotopic (exact) mass is 327 g/mol. The lowest BCUT2D eigenvalue weighted by Gasteiger charge is -2.18. The zero-order valence-electron chi connectivity index (χ0n) is 11.9. The van der Waals surface area contributed by atoms with Gasteiger partial charge in [0.15, 0.2) is 5.82 Å². The van der Waals surface area contributed by atoms with Gasteiger partial charge in [-0.3, -0.25) is 5.43 Å². The van der Waals surface area contributed by atoms with Crippen LogP contribution in [0.5, 0.6) is 0 Å². The van der Waals surface area contributed by atoms with E-state index < -0.39 is 0 Å². The van der Waals surface area contributed by atoms with Crippen molar-refractivity contribution in [3.63, 3.8) is 0 Å². The number of thioether (sulfide) groups is 1. The molecule has 0 unspecified atom stereocenters. The molecular formula is C15H13N5S2. The zero-order chi connectivity index (χ0) is 14.9. The van der Waals surface area contributed by atoms with Gasteiger partial charge in [-0.2, -0.15) is 0 Å². The lowest BCUT2D eigenvalue weighted by molar-refractivity contribution is 0.827. The summed E-state index contributed by atoms with van der Waals surface area (Å²) in [5.74, 6) is 2.49. The average Bonchev–Trinajstić information content (AvgIpc) is 3.18. The number of hydrogen-bond acceptors (Lipinski definition) is 5. The van der Waals surface area contributed by atoms with Crippen molar-refractivity contribution < 1.29 is 0 Å². The Hall–Kier alpha value is -2.12. The first-order chi connectivity index (χ1) is 10.8. The van der Waals surface area contributed by atoms with Crippen LogP contribution >= 0.6 is 23.1 Å². The number of thiophene rings is 1. The van der Waals surface area contributed by atoms with Crippen molar-refractivity contribution in [3.05, 3.63) is 47.3 Å². The van der Waals surface area contributed by atoms with Gasteiger partial charge in [-0.15, -0.1) is 21.5 Å². The molecule has 1 aliphatic rings. The van der Waals surface area contributed by atoms with Gasteiger partial charge in [-0.25, -0.2) is 9.67 Å². The fraction of sp³-hybridized carbons (Fsp3) is 0.133. The molecule has 0 aliphatic carbocycles. The molecule has 4 rings (SSSR count). The van der Waals surface area contributed by atoms with Gasteiger partial charge in [-0.05, 0) is 30.5 Å². The highest BCUT2D eigenvalue weighted by Gasteiger charge is 2.21. The van der Waals surface area contributed by atoms with Crippen LogP contribution in [0.3, 0.4) is 0 Å². The fourth-order valence-corrected chi connectivity index (χ4v) is 3.61. The van der Waals surface area contributed by atoms with Gasteiger partial charge < -0.3 is 0 Å². The second kappa shape index (κ2) is 5.58. The quantitative estimate of drug-likeness (QED) is 0.780. The summed E-state index contributed by atoms with van der Waals surface area (Å²) in [5.41, 5.74) is 5.50. The number of hydrogen-bond donors (Lipinski definition) is 1. The Morgan fingerprint density at radius 1 is 1.18 bits per heavy atom. The van der Waals surface area contributed by atoms with Crippen molar-refractivity contribution in [1.29, 1.82) is 0 Å². The molecule has 0 saturated carbocycles. The number of amidine groups is 1. The number of aryl methyl sites for hydroxylation is 1. The third-order valence-electron chi connectivity index (χ3n) is 3.25. The highest BCUT2D eigenvalue weighted by molar-refractivity contribution is 7.99. The van der Waals surface area contributed by atoms with E-state index in [1.807, 2.05) is 34.3 Å². The number of benzene rings is 1. The van der Waals surface area contributed by atoms with Crippen LogP contribution in [-0.2, 0) is 0 Å². The van der Waals surface area contributed by atoms with Crippen molar-refractivity contribution in [2.24, 2.45) is 4.99 Å². The van der Waals surface area contributed by atoms with E-state index in [-0.39, 0.29) is 0 Å². The first kappa shape index (κ1) is 13.5. The first-order valence-corrected chi connectivity index (χ1v) is 8.69. The largest absolute Gasteiger partial charge is 0.276 e. The van der Waals surface area contributed by atoms with E-state index in [0.717, 1.165) is 33.1 Å². The minimum Gasteiger partial charge on any atom is -0.276 e. The molecule has 0 radical (unpaired) electrons. The van der Waals surface area contributed by atoms with E-state index in [1.165, 1.54) is 5.56 Å². The number of rotatable bonds is 2. The van der Waals surface area contributed by atoms with E-state index >= 15 is 0 Å². The maximum absolute atomic E-state index is 4.67. The first-order valence-electron chi connectivity index (χ1n) is 6.83. The molecule has 0 saturated heterocycles. The van der Waals surface area contributed by atoms with Gasteiger partial charge in [0.1, 0.15) is 5.84 Å². The summed E-state index contributed by atoms with van der Waals surface area (Å²) >= 11 is 3.29. The molecule has 1 aliphatic heterocycles. The van der Waals surface area contributed by atoms with Gasteiger partial charge >= 0.3 is 0 Å². The lowest BCUT2D eigenvalue weighted by atomic mass is 10.2. The Balaban J connectivity index is 1.66. The molecule has 110 valence electrons. The van der Waals surface area contributed by atoms with Crippen molar-refractivity contribution in [1.82, 2.24) is 14.9 Å². The van der Waals surface area contributed by atoms with Crippen LogP contribution in [0.2, 0.25) is 0 Å². The molecule has 2 aromatic heterocycles. The van der Waals surface area contributed by atoms with E-state index in [1.54, 1.807) is 23.1 Å². The van der Waals surface area contributed by atoms with Crippen molar-refractivity contribution >= 4 is 34.6 Å². The van der Waals surface area contributed by atoms with Crippen LogP contribution < -0.4 is 5.43 Å². The predicted octanol–water partition coefficient (Wildman–Crippen LogP) is 3.69. The number of aliphatic imine (C=N–C) groups is 1. The molecule has 0 fully saturated rings. The number of nitrogens with zero attached hydrogens (tertiary/aromatic N) is 4. The standard InChI is InChI=1S/C15H13N5S2/c1-10-4-6-11(7-5-10)16-13-9-22-15-18-17-14(20(15)19-13)12-3-2-8-21-12/h2-8H,9H2,1H3,(H,16,19). The summed E-state index contributed by atoms with van der Waals surface area (Å²) in [6.45, 7) is 2.07. The molecule has 1 aromatic carbocycles. The lowest BCUT2D eigenvalue weighted by Crippen LogP contribution is -2.30.